The Labute approximate surface area is 103 Å². The van der Waals surface area contributed by atoms with Crippen LogP contribution in [0.2, 0.25) is 0 Å². The number of hydrogen-bond donors (Lipinski definition) is 2. The number of allylic oxidation sites excluding steroid dienone is 1. The minimum absolute atomic E-state index is 0.0805. The molecule has 17 heavy (non-hydrogen) atoms. The lowest BCUT2D eigenvalue weighted by atomic mass is 9.80. The summed E-state index contributed by atoms with van der Waals surface area (Å²) >= 11 is 0. The van der Waals surface area contributed by atoms with E-state index in [9.17, 15) is 4.79 Å². The quantitative estimate of drug-likeness (QED) is 0.735. The fourth-order valence-corrected chi connectivity index (χ4v) is 2.30. The third kappa shape index (κ3) is 3.58. The first-order valence-electron chi connectivity index (χ1n) is 6.26. The highest BCUT2D eigenvalue weighted by Crippen LogP contribution is 2.29. The van der Waals surface area contributed by atoms with Crippen LogP contribution in [0.15, 0.2) is 16.9 Å². The van der Waals surface area contributed by atoms with Gasteiger partial charge in [0.05, 0.1) is 11.4 Å². The van der Waals surface area contributed by atoms with Gasteiger partial charge in [-0.25, -0.2) is 0 Å². The smallest absolute Gasteiger partial charge is 0.227 e. The van der Waals surface area contributed by atoms with Crippen molar-refractivity contribution in [2.24, 2.45) is 22.6 Å². The van der Waals surface area contributed by atoms with Crippen LogP contribution < -0.4 is 11.1 Å². The summed E-state index contributed by atoms with van der Waals surface area (Å²) < 4.78 is 0. The molecule has 0 radical (unpaired) electrons. The van der Waals surface area contributed by atoms with Gasteiger partial charge in [0.1, 0.15) is 0 Å². The van der Waals surface area contributed by atoms with Gasteiger partial charge >= 0.3 is 0 Å². The lowest BCUT2D eigenvalue weighted by Gasteiger charge is -2.27. The molecule has 0 bridgehead atoms. The van der Waals surface area contributed by atoms with Gasteiger partial charge in [-0.2, -0.15) is 0 Å². The number of nitrogens with two attached hydrogens (primary N) is 1. The van der Waals surface area contributed by atoms with Crippen LogP contribution in [-0.2, 0) is 4.79 Å². The van der Waals surface area contributed by atoms with Gasteiger partial charge in [0.2, 0.25) is 5.91 Å². The molecule has 0 saturated heterocycles. The summed E-state index contributed by atoms with van der Waals surface area (Å²) in [4.78, 5) is 16.2. The molecule has 4 heteroatoms. The highest BCUT2D eigenvalue weighted by molar-refractivity contribution is 6.01. The molecule has 0 aromatic heterocycles. The molecule has 1 aliphatic carbocycles. The van der Waals surface area contributed by atoms with E-state index in [2.05, 4.69) is 17.2 Å². The van der Waals surface area contributed by atoms with Crippen molar-refractivity contribution < 1.29 is 4.79 Å². The maximum absolute atomic E-state index is 12.1. The number of hydrogen-bond acceptors (Lipinski definition) is 3. The Morgan fingerprint density at radius 2 is 2.06 bits per heavy atom. The van der Waals surface area contributed by atoms with E-state index in [1.54, 1.807) is 7.05 Å². The number of carbonyl (C=O) groups is 1. The molecular weight excluding hydrogens is 214 g/mol. The number of nitrogens with one attached hydrogen (secondary N) is 1. The Hall–Kier alpha value is -1.32. The van der Waals surface area contributed by atoms with E-state index in [0.29, 0.717) is 11.6 Å². The maximum atomic E-state index is 12.1. The third-order valence-corrected chi connectivity index (χ3v) is 3.60. The van der Waals surface area contributed by atoms with Gasteiger partial charge in [-0.3, -0.25) is 9.79 Å². The van der Waals surface area contributed by atoms with Gasteiger partial charge in [-0.15, -0.1) is 0 Å². The normalized spacial score (nSPS) is 26.8. The molecule has 1 aliphatic rings. The molecule has 0 aliphatic heterocycles. The van der Waals surface area contributed by atoms with Gasteiger partial charge in [0.25, 0.3) is 0 Å². The van der Waals surface area contributed by atoms with E-state index >= 15 is 0 Å². The van der Waals surface area contributed by atoms with E-state index in [1.807, 2.05) is 6.92 Å². The molecule has 0 spiro atoms. The van der Waals surface area contributed by atoms with Crippen molar-refractivity contribution in [2.45, 2.75) is 39.5 Å². The number of nitrogens with zero attached hydrogens (tertiary/aromatic N) is 1. The molecule has 0 aromatic carbocycles. The van der Waals surface area contributed by atoms with Crippen LogP contribution in [0.4, 0.5) is 0 Å². The van der Waals surface area contributed by atoms with Crippen LogP contribution in [0.1, 0.15) is 39.5 Å². The van der Waals surface area contributed by atoms with Crippen molar-refractivity contribution in [2.75, 3.05) is 7.05 Å². The summed E-state index contributed by atoms with van der Waals surface area (Å²) in [5.41, 5.74) is 6.88. The van der Waals surface area contributed by atoms with Crippen LogP contribution in [0.5, 0.6) is 0 Å². The zero-order valence-corrected chi connectivity index (χ0v) is 11.0. The minimum atomic E-state index is 0.0805. The summed E-state index contributed by atoms with van der Waals surface area (Å²) in [7, 11) is 1.69. The number of amides is 1. The monoisotopic (exact) mass is 237 g/mol. The molecule has 2 atom stereocenters. The van der Waals surface area contributed by atoms with E-state index in [4.69, 9.17) is 5.73 Å². The lowest BCUT2D eigenvalue weighted by molar-refractivity contribution is -0.126. The topological polar surface area (TPSA) is 67.5 Å². The molecule has 0 heterocycles. The summed E-state index contributed by atoms with van der Waals surface area (Å²) in [6.07, 6.45) is 5.91. The fraction of sp³-hybridized carbons (Fsp3) is 0.692. The molecule has 1 rings (SSSR count). The van der Waals surface area contributed by atoms with Crippen molar-refractivity contribution in [1.82, 2.24) is 5.32 Å². The first kappa shape index (κ1) is 13.7. The van der Waals surface area contributed by atoms with Gasteiger partial charge in [0.15, 0.2) is 0 Å². The van der Waals surface area contributed by atoms with Gasteiger partial charge in [-0.1, -0.05) is 19.8 Å². The van der Waals surface area contributed by atoms with Gasteiger partial charge in [-0.05, 0) is 25.7 Å². The number of rotatable bonds is 3. The van der Waals surface area contributed by atoms with Crippen LogP contribution in [0.3, 0.4) is 0 Å². The molecule has 1 amide bonds. The summed E-state index contributed by atoms with van der Waals surface area (Å²) in [6, 6.07) is 0. The highest BCUT2D eigenvalue weighted by Gasteiger charge is 2.28. The van der Waals surface area contributed by atoms with Crippen molar-refractivity contribution in [1.29, 1.82) is 0 Å². The first-order valence-corrected chi connectivity index (χ1v) is 6.26. The van der Waals surface area contributed by atoms with Gasteiger partial charge < -0.3 is 11.1 Å². The molecule has 4 nitrogen and oxygen atoms in total. The Morgan fingerprint density at radius 3 is 2.59 bits per heavy atom. The van der Waals surface area contributed by atoms with Crippen molar-refractivity contribution in [3.05, 3.63) is 11.9 Å². The summed E-state index contributed by atoms with van der Waals surface area (Å²) in [5, 5.41) is 2.88. The van der Waals surface area contributed by atoms with Crippen LogP contribution in [-0.4, -0.2) is 18.7 Å². The van der Waals surface area contributed by atoms with Crippen LogP contribution in [0.25, 0.3) is 0 Å². The second-order valence-electron chi connectivity index (χ2n) is 4.75. The fourth-order valence-electron chi connectivity index (χ4n) is 2.30. The molecule has 0 aromatic rings. The van der Waals surface area contributed by atoms with E-state index in [-0.39, 0.29) is 11.8 Å². The molecule has 2 unspecified atom stereocenters. The molecule has 3 N–H and O–H groups in total. The summed E-state index contributed by atoms with van der Waals surface area (Å²) in [5.74, 6) is 0.655. The molecular formula is C13H23N3O. The van der Waals surface area contributed by atoms with Crippen LogP contribution in [0, 0.1) is 11.8 Å². The maximum Gasteiger partial charge on any atom is 0.227 e. The Bertz CT molecular complexity index is 334. The zero-order chi connectivity index (χ0) is 12.8. The zero-order valence-electron chi connectivity index (χ0n) is 11.0. The van der Waals surface area contributed by atoms with Crippen molar-refractivity contribution >= 4 is 11.6 Å². The Balaban J connectivity index is 2.64. The lowest BCUT2D eigenvalue weighted by Crippen LogP contribution is -2.37. The third-order valence-electron chi connectivity index (χ3n) is 3.60. The predicted molar refractivity (Wildman–Crippen MR) is 70.6 cm³/mol. The Morgan fingerprint density at radius 1 is 1.41 bits per heavy atom. The highest BCUT2D eigenvalue weighted by atomic mass is 16.1. The SMILES string of the molecule is CN=C(C)C(=CN)NC(=O)C1CCCCC1C. The van der Waals surface area contributed by atoms with Crippen molar-refractivity contribution in [3.8, 4) is 0 Å². The molecule has 1 fully saturated rings. The molecule has 96 valence electrons. The van der Waals surface area contributed by atoms with E-state index < -0.39 is 0 Å². The average Bonchev–Trinajstić information content (AvgIpc) is 2.35. The average molecular weight is 237 g/mol. The first-order chi connectivity index (χ1) is 8.10. The van der Waals surface area contributed by atoms with E-state index in [1.165, 1.54) is 12.6 Å². The second-order valence-corrected chi connectivity index (χ2v) is 4.75. The Kier molecular flexibility index (Phi) is 5.19. The van der Waals surface area contributed by atoms with Crippen LogP contribution >= 0.6 is 0 Å². The molecule has 1 saturated carbocycles. The predicted octanol–water partition coefficient (Wildman–Crippen LogP) is 1.82. The van der Waals surface area contributed by atoms with Crippen molar-refractivity contribution in [3.63, 3.8) is 0 Å². The van der Waals surface area contributed by atoms with E-state index in [0.717, 1.165) is 25.0 Å². The summed E-state index contributed by atoms with van der Waals surface area (Å²) in [6.45, 7) is 3.99. The standard InChI is InChI=1S/C13H23N3O/c1-9-6-4-5-7-11(9)13(17)16-12(8-14)10(2)15-3/h8-9,11H,4-7,14H2,1-3H3,(H,16,17). The minimum Gasteiger partial charge on any atom is -0.403 e. The number of aliphatic imine (C=N–C) groups is 1. The largest absolute Gasteiger partial charge is 0.403 e. The number of carbonyl (C=O) groups excluding carboxylic acids is 1. The second kappa shape index (κ2) is 6.42. The van der Waals surface area contributed by atoms with Gasteiger partial charge in [0, 0.05) is 19.2 Å².